The molecule has 1 amide bonds. The SMILES string of the molecule is CC(C(N)=O)S(=O)c1nccn1C. The van der Waals surface area contributed by atoms with E-state index >= 15 is 0 Å². The number of amides is 1. The standard InChI is InChI=1S/C7H11N3O2S/c1-5(6(8)11)13(12)7-9-3-4-10(7)2/h3-5H,1-2H3,(H2,8,11). The number of primary amides is 1. The Balaban J connectivity index is 2.92. The van der Waals surface area contributed by atoms with Crippen LogP contribution in [0.15, 0.2) is 17.6 Å². The average Bonchev–Trinajstić information content (AvgIpc) is 2.48. The normalized spacial score (nSPS) is 15.2. The fraction of sp³-hybridized carbons (Fsp3) is 0.429. The van der Waals surface area contributed by atoms with E-state index in [1.54, 1.807) is 17.8 Å². The summed E-state index contributed by atoms with van der Waals surface area (Å²) in [6.07, 6.45) is 3.20. The van der Waals surface area contributed by atoms with Gasteiger partial charge in [0, 0.05) is 19.4 Å². The number of rotatable bonds is 3. The first-order valence-electron chi connectivity index (χ1n) is 3.71. The van der Waals surface area contributed by atoms with E-state index in [0.717, 1.165) is 0 Å². The summed E-state index contributed by atoms with van der Waals surface area (Å²) < 4.78 is 13.2. The van der Waals surface area contributed by atoms with Crippen molar-refractivity contribution in [3.05, 3.63) is 12.4 Å². The van der Waals surface area contributed by atoms with E-state index in [-0.39, 0.29) is 0 Å². The number of hydrogen-bond acceptors (Lipinski definition) is 3. The van der Waals surface area contributed by atoms with Gasteiger partial charge in [-0.1, -0.05) is 0 Å². The van der Waals surface area contributed by atoms with Gasteiger partial charge in [-0.15, -0.1) is 0 Å². The van der Waals surface area contributed by atoms with Gasteiger partial charge < -0.3 is 10.3 Å². The Morgan fingerprint density at radius 2 is 2.38 bits per heavy atom. The van der Waals surface area contributed by atoms with Crippen LogP contribution in [-0.4, -0.2) is 24.9 Å². The Labute approximate surface area is 78.4 Å². The minimum Gasteiger partial charge on any atom is -0.369 e. The molecule has 6 heteroatoms. The zero-order valence-electron chi connectivity index (χ0n) is 7.43. The highest BCUT2D eigenvalue weighted by atomic mass is 32.2. The molecule has 0 aliphatic heterocycles. The van der Waals surface area contributed by atoms with E-state index in [2.05, 4.69) is 4.98 Å². The summed E-state index contributed by atoms with van der Waals surface area (Å²) in [6.45, 7) is 1.52. The molecule has 2 unspecified atom stereocenters. The highest BCUT2D eigenvalue weighted by molar-refractivity contribution is 7.86. The first kappa shape index (κ1) is 9.91. The third-order valence-corrected chi connectivity index (χ3v) is 3.31. The van der Waals surface area contributed by atoms with Crippen molar-refractivity contribution in [3.8, 4) is 0 Å². The number of aromatic nitrogens is 2. The minimum atomic E-state index is -1.46. The van der Waals surface area contributed by atoms with Gasteiger partial charge in [0.05, 0.1) is 0 Å². The molecule has 0 fully saturated rings. The number of nitrogens with zero attached hydrogens (tertiary/aromatic N) is 2. The van der Waals surface area contributed by atoms with Crippen molar-refractivity contribution < 1.29 is 9.00 Å². The predicted molar refractivity (Wildman–Crippen MR) is 48.3 cm³/mol. The summed E-state index contributed by atoms with van der Waals surface area (Å²) in [7, 11) is 0.255. The van der Waals surface area contributed by atoms with Gasteiger partial charge in [-0.25, -0.2) is 4.98 Å². The zero-order chi connectivity index (χ0) is 10.0. The molecule has 1 aromatic heterocycles. The van der Waals surface area contributed by atoms with Crippen molar-refractivity contribution in [2.24, 2.45) is 12.8 Å². The predicted octanol–water partition coefficient (Wildman–Crippen LogP) is -0.599. The van der Waals surface area contributed by atoms with Crippen LogP contribution < -0.4 is 5.73 Å². The molecule has 13 heavy (non-hydrogen) atoms. The zero-order valence-corrected chi connectivity index (χ0v) is 8.25. The van der Waals surface area contributed by atoms with Gasteiger partial charge in [-0.2, -0.15) is 0 Å². The van der Waals surface area contributed by atoms with Gasteiger partial charge in [0.15, 0.2) is 5.16 Å². The van der Waals surface area contributed by atoms with Gasteiger partial charge in [0.1, 0.15) is 16.0 Å². The Morgan fingerprint density at radius 3 is 2.77 bits per heavy atom. The van der Waals surface area contributed by atoms with Crippen molar-refractivity contribution >= 4 is 16.7 Å². The third-order valence-electron chi connectivity index (χ3n) is 1.68. The van der Waals surface area contributed by atoms with Crippen molar-refractivity contribution in [1.29, 1.82) is 0 Å². The van der Waals surface area contributed by atoms with E-state index in [4.69, 9.17) is 5.73 Å². The Bertz CT molecular complexity index is 347. The van der Waals surface area contributed by atoms with Crippen LogP contribution in [-0.2, 0) is 22.6 Å². The van der Waals surface area contributed by atoms with Gasteiger partial charge in [0.25, 0.3) is 0 Å². The average molecular weight is 201 g/mol. The fourth-order valence-electron chi connectivity index (χ4n) is 0.809. The lowest BCUT2D eigenvalue weighted by molar-refractivity contribution is -0.117. The maximum absolute atomic E-state index is 11.6. The molecule has 2 atom stereocenters. The molecule has 1 heterocycles. The number of nitrogens with two attached hydrogens (primary N) is 1. The molecule has 0 bridgehead atoms. The molecular formula is C7H11N3O2S. The van der Waals surface area contributed by atoms with Gasteiger partial charge in [-0.3, -0.25) is 9.00 Å². The third kappa shape index (κ3) is 1.95. The summed E-state index contributed by atoms with van der Waals surface area (Å²) in [6, 6.07) is 0. The maximum atomic E-state index is 11.6. The summed E-state index contributed by atoms with van der Waals surface area (Å²) >= 11 is 0. The molecule has 2 N–H and O–H groups in total. The highest BCUT2D eigenvalue weighted by Crippen LogP contribution is 2.07. The van der Waals surface area contributed by atoms with Crippen LogP contribution in [0, 0.1) is 0 Å². The lowest BCUT2D eigenvalue weighted by atomic mass is 10.5. The van der Waals surface area contributed by atoms with Crippen molar-refractivity contribution in [2.75, 3.05) is 0 Å². The summed E-state index contributed by atoms with van der Waals surface area (Å²) in [5, 5.41) is -0.340. The molecule has 72 valence electrons. The maximum Gasteiger partial charge on any atom is 0.233 e. The topological polar surface area (TPSA) is 78.0 Å². The number of hydrogen-bond donors (Lipinski definition) is 1. The minimum absolute atomic E-state index is 0.367. The second-order valence-corrected chi connectivity index (χ2v) is 4.33. The molecule has 0 radical (unpaired) electrons. The first-order valence-corrected chi connectivity index (χ1v) is 4.92. The number of carbonyl (C=O) groups is 1. The van der Waals surface area contributed by atoms with Gasteiger partial charge in [-0.05, 0) is 6.92 Å². The van der Waals surface area contributed by atoms with Crippen LogP contribution in [0.25, 0.3) is 0 Å². The smallest absolute Gasteiger partial charge is 0.233 e. The van der Waals surface area contributed by atoms with Crippen molar-refractivity contribution in [3.63, 3.8) is 0 Å². The molecule has 1 rings (SSSR count). The summed E-state index contributed by atoms with van der Waals surface area (Å²) in [4.78, 5) is 14.6. The van der Waals surface area contributed by atoms with E-state index < -0.39 is 22.0 Å². The van der Waals surface area contributed by atoms with E-state index in [1.807, 2.05) is 0 Å². The fourth-order valence-corrected chi connectivity index (χ4v) is 1.85. The number of aryl methyl sites for hydroxylation is 1. The van der Waals surface area contributed by atoms with Crippen molar-refractivity contribution in [1.82, 2.24) is 9.55 Å². The van der Waals surface area contributed by atoms with Gasteiger partial charge in [0.2, 0.25) is 5.91 Å². The summed E-state index contributed by atoms with van der Waals surface area (Å²) in [5.41, 5.74) is 5.02. The second kappa shape index (κ2) is 3.69. The lowest BCUT2D eigenvalue weighted by Gasteiger charge is -2.06. The molecule has 1 aromatic rings. The second-order valence-electron chi connectivity index (χ2n) is 2.66. The molecule has 0 aliphatic carbocycles. The van der Waals surface area contributed by atoms with Crippen LogP contribution in [0.2, 0.25) is 0 Å². The number of imidazole rings is 1. The van der Waals surface area contributed by atoms with Gasteiger partial charge >= 0.3 is 0 Å². The van der Waals surface area contributed by atoms with Crippen LogP contribution in [0.4, 0.5) is 0 Å². The van der Waals surface area contributed by atoms with Crippen LogP contribution >= 0.6 is 0 Å². The van der Waals surface area contributed by atoms with E-state index in [0.29, 0.717) is 5.16 Å². The van der Waals surface area contributed by atoms with Crippen LogP contribution in [0.1, 0.15) is 6.92 Å². The molecule has 0 aliphatic rings. The largest absolute Gasteiger partial charge is 0.369 e. The highest BCUT2D eigenvalue weighted by Gasteiger charge is 2.21. The lowest BCUT2D eigenvalue weighted by Crippen LogP contribution is -2.30. The molecular weight excluding hydrogens is 190 g/mol. The molecule has 0 saturated heterocycles. The van der Waals surface area contributed by atoms with Crippen LogP contribution in [0.3, 0.4) is 0 Å². The molecule has 5 nitrogen and oxygen atoms in total. The number of carbonyl (C=O) groups excluding carboxylic acids is 1. The quantitative estimate of drug-likeness (QED) is 0.709. The molecule has 0 spiro atoms. The summed E-state index contributed by atoms with van der Waals surface area (Å²) in [5.74, 6) is -0.582. The van der Waals surface area contributed by atoms with E-state index in [1.165, 1.54) is 13.1 Å². The first-order chi connectivity index (χ1) is 6.04. The van der Waals surface area contributed by atoms with Crippen molar-refractivity contribution in [2.45, 2.75) is 17.3 Å². The monoisotopic (exact) mass is 201 g/mol. The molecule has 0 aromatic carbocycles. The van der Waals surface area contributed by atoms with Crippen LogP contribution in [0.5, 0.6) is 0 Å². The molecule has 0 saturated carbocycles. The Morgan fingerprint density at radius 1 is 1.77 bits per heavy atom. The Hall–Kier alpha value is -1.17. The Kier molecular flexibility index (Phi) is 2.82. The van der Waals surface area contributed by atoms with E-state index in [9.17, 15) is 9.00 Å².